The van der Waals surface area contributed by atoms with Crippen LogP contribution < -0.4 is 0 Å². The van der Waals surface area contributed by atoms with Gasteiger partial charge in [-0.15, -0.1) is 0 Å². The molecule has 0 aromatic heterocycles. The lowest BCUT2D eigenvalue weighted by molar-refractivity contribution is -0.142. The van der Waals surface area contributed by atoms with Gasteiger partial charge >= 0.3 is 5.97 Å². The fourth-order valence-corrected chi connectivity index (χ4v) is 5.54. The van der Waals surface area contributed by atoms with Gasteiger partial charge in [0.15, 0.2) is 0 Å². The molecule has 0 fully saturated rings. The lowest BCUT2D eigenvalue weighted by atomic mass is 10.2. The number of esters is 1. The third-order valence-corrected chi connectivity index (χ3v) is 7.88. The smallest absolute Gasteiger partial charge is 0.316 e. The number of hydrogen-bond acceptors (Lipinski definition) is 3. The molecule has 0 saturated carbocycles. The molecule has 0 heterocycles. The fourth-order valence-electron chi connectivity index (χ4n) is 2.57. The summed E-state index contributed by atoms with van der Waals surface area (Å²) in [4.78, 5) is 12.0. The van der Waals surface area contributed by atoms with E-state index >= 15 is 0 Å². The molecule has 0 amide bonds. The zero-order chi connectivity index (χ0) is 16.1. The third-order valence-electron chi connectivity index (χ3n) is 4.11. The molecule has 0 aliphatic rings. The van der Waals surface area contributed by atoms with Crippen molar-refractivity contribution >= 4 is 13.1 Å². The van der Waals surface area contributed by atoms with Crippen LogP contribution in [0.1, 0.15) is 79.1 Å². The molecule has 0 N–H and O–H groups in total. The lowest BCUT2D eigenvalue weighted by Gasteiger charge is -2.24. The van der Waals surface area contributed by atoms with Crippen LogP contribution in [0.3, 0.4) is 0 Å². The van der Waals surface area contributed by atoms with E-state index in [4.69, 9.17) is 4.74 Å². The Balaban J connectivity index is 4.56. The summed E-state index contributed by atoms with van der Waals surface area (Å²) in [5.74, 6) is -0.271. The van der Waals surface area contributed by atoms with E-state index in [0.29, 0.717) is 18.9 Å². The molecular weight excluding hydrogens is 283 g/mol. The summed E-state index contributed by atoms with van der Waals surface area (Å²) < 4.78 is 18.3. The van der Waals surface area contributed by atoms with Gasteiger partial charge in [-0.05, 0) is 26.7 Å². The topological polar surface area (TPSA) is 43.4 Å². The van der Waals surface area contributed by atoms with E-state index < -0.39 is 12.8 Å². The number of unbranched alkanes of at least 4 members (excludes halogenated alkanes) is 6. The van der Waals surface area contributed by atoms with Crippen LogP contribution in [0.25, 0.3) is 0 Å². The average molecular weight is 318 g/mol. The van der Waals surface area contributed by atoms with Crippen molar-refractivity contribution in [2.24, 2.45) is 0 Å². The van der Waals surface area contributed by atoms with E-state index in [9.17, 15) is 9.36 Å². The largest absolute Gasteiger partial charge is 0.465 e. The second-order valence-corrected chi connectivity index (χ2v) is 9.52. The molecule has 0 spiro atoms. The van der Waals surface area contributed by atoms with Crippen molar-refractivity contribution < 1.29 is 14.1 Å². The minimum absolute atomic E-state index is 0.271. The number of hydrogen-bond donors (Lipinski definition) is 0. The van der Waals surface area contributed by atoms with Gasteiger partial charge in [-0.2, -0.15) is 0 Å². The van der Waals surface area contributed by atoms with Gasteiger partial charge in [0.25, 0.3) is 0 Å². The first-order chi connectivity index (χ1) is 10.0. The molecule has 1 unspecified atom stereocenters. The molecule has 4 heteroatoms. The van der Waals surface area contributed by atoms with Crippen LogP contribution in [0.4, 0.5) is 0 Å². The van der Waals surface area contributed by atoms with E-state index in [1.165, 1.54) is 25.7 Å². The summed E-state index contributed by atoms with van der Waals surface area (Å²) in [5.41, 5.74) is -0.430. The monoisotopic (exact) mass is 318 g/mol. The Bertz CT molecular complexity index is 299. The molecule has 0 bridgehead atoms. The standard InChI is InChI=1S/C17H35O3P/c1-5-8-10-12-14-21(19,15-13-11-9-6-2)16(4)17(18)20-7-3/h16H,5-15H2,1-4H3. The fraction of sp³-hybridized carbons (Fsp3) is 0.941. The van der Waals surface area contributed by atoms with Gasteiger partial charge in [-0.1, -0.05) is 52.4 Å². The third kappa shape index (κ3) is 8.66. The van der Waals surface area contributed by atoms with Crippen molar-refractivity contribution in [2.75, 3.05) is 18.9 Å². The normalized spacial score (nSPS) is 13.1. The summed E-state index contributed by atoms with van der Waals surface area (Å²) in [6, 6.07) is 0. The first kappa shape index (κ1) is 20.7. The van der Waals surface area contributed by atoms with Gasteiger partial charge in [0.2, 0.25) is 0 Å². The van der Waals surface area contributed by atoms with Crippen molar-refractivity contribution in [3.63, 3.8) is 0 Å². The van der Waals surface area contributed by atoms with E-state index in [-0.39, 0.29) is 5.97 Å². The van der Waals surface area contributed by atoms with Crippen LogP contribution in [0.2, 0.25) is 0 Å². The average Bonchev–Trinajstić information content (AvgIpc) is 2.47. The van der Waals surface area contributed by atoms with Crippen LogP contribution in [-0.4, -0.2) is 30.6 Å². The van der Waals surface area contributed by atoms with Gasteiger partial charge in [0, 0.05) is 12.3 Å². The van der Waals surface area contributed by atoms with E-state index in [1.807, 2.05) is 0 Å². The van der Waals surface area contributed by atoms with Gasteiger partial charge in [0.05, 0.1) is 6.61 Å². The second kappa shape index (κ2) is 12.3. The molecule has 126 valence electrons. The van der Waals surface area contributed by atoms with Crippen molar-refractivity contribution in [1.29, 1.82) is 0 Å². The molecule has 0 aliphatic carbocycles. The molecule has 0 rings (SSSR count). The van der Waals surface area contributed by atoms with Crippen LogP contribution in [0.5, 0.6) is 0 Å². The van der Waals surface area contributed by atoms with Gasteiger partial charge in [-0.3, -0.25) is 4.79 Å². The Hall–Kier alpha value is -0.300. The summed E-state index contributed by atoms with van der Waals surface area (Å²) in [6.07, 6.45) is 10.3. The Morgan fingerprint density at radius 2 is 1.38 bits per heavy atom. The highest BCUT2D eigenvalue weighted by Crippen LogP contribution is 2.52. The number of carbonyl (C=O) groups excluding carboxylic acids is 1. The maximum absolute atomic E-state index is 13.3. The summed E-state index contributed by atoms with van der Waals surface area (Å²) in [6.45, 7) is 8.32. The summed E-state index contributed by atoms with van der Waals surface area (Å²) in [5, 5.41) is 0. The predicted octanol–water partition coefficient (Wildman–Crippen LogP) is 5.46. The first-order valence-electron chi connectivity index (χ1n) is 8.76. The van der Waals surface area contributed by atoms with Gasteiger partial charge in [0.1, 0.15) is 12.8 Å². The van der Waals surface area contributed by atoms with E-state index in [2.05, 4.69) is 13.8 Å². The van der Waals surface area contributed by atoms with Crippen molar-refractivity contribution in [3.8, 4) is 0 Å². The Morgan fingerprint density at radius 3 is 1.76 bits per heavy atom. The van der Waals surface area contributed by atoms with Crippen molar-refractivity contribution in [3.05, 3.63) is 0 Å². The molecule has 3 nitrogen and oxygen atoms in total. The van der Waals surface area contributed by atoms with Crippen molar-refractivity contribution in [2.45, 2.75) is 84.7 Å². The maximum atomic E-state index is 13.3. The minimum atomic E-state index is -2.45. The van der Waals surface area contributed by atoms with Crippen LogP contribution in [0, 0.1) is 0 Å². The highest BCUT2D eigenvalue weighted by Gasteiger charge is 2.34. The van der Waals surface area contributed by atoms with Crippen LogP contribution >= 0.6 is 7.14 Å². The quantitative estimate of drug-likeness (QED) is 0.257. The molecule has 0 radical (unpaired) electrons. The van der Waals surface area contributed by atoms with Gasteiger partial charge in [-0.25, -0.2) is 0 Å². The summed E-state index contributed by atoms with van der Waals surface area (Å²) in [7, 11) is -2.45. The second-order valence-electron chi connectivity index (χ2n) is 5.95. The molecular formula is C17H35O3P. The number of carbonyl (C=O) groups is 1. The summed E-state index contributed by atoms with van der Waals surface area (Å²) >= 11 is 0. The highest BCUT2D eigenvalue weighted by atomic mass is 31.2. The zero-order valence-corrected chi connectivity index (χ0v) is 15.4. The number of ether oxygens (including phenoxy) is 1. The molecule has 1 atom stereocenters. The van der Waals surface area contributed by atoms with Gasteiger partial charge < -0.3 is 9.30 Å². The molecule has 0 aromatic rings. The highest BCUT2D eigenvalue weighted by molar-refractivity contribution is 7.65. The van der Waals surface area contributed by atoms with Crippen LogP contribution in [0.15, 0.2) is 0 Å². The zero-order valence-electron chi connectivity index (χ0n) is 14.5. The Morgan fingerprint density at radius 1 is 0.905 bits per heavy atom. The SMILES string of the molecule is CCCCCCP(=O)(CCCCCC)C(C)C(=O)OCC. The maximum Gasteiger partial charge on any atom is 0.316 e. The minimum Gasteiger partial charge on any atom is -0.465 e. The lowest BCUT2D eigenvalue weighted by Crippen LogP contribution is -2.23. The number of rotatable bonds is 13. The first-order valence-corrected chi connectivity index (χ1v) is 10.9. The molecule has 0 saturated heterocycles. The van der Waals surface area contributed by atoms with E-state index in [1.54, 1.807) is 13.8 Å². The Labute approximate surface area is 131 Å². The Kier molecular flexibility index (Phi) is 12.1. The van der Waals surface area contributed by atoms with E-state index in [0.717, 1.165) is 25.7 Å². The predicted molar refractivity (Wildman–Crippen MR) is 91.7 cm³/mol. The molecule has 0 aromatic carbocycles. The molecule has 0 aliphatic heterocycles. The van der Waals surface area contributed by atoms with Crippen molar-refractivity contribution in [1.82, 2.24) is 0 Å². The molecule has 21 heavy (non-hydrogen) atoms. The van der Waals surface area contributed by atoms with Crippen LogP contribution in [-0.2, 0) is 14.1 Å².